The summed E-state index contributed by atoms with van der Waals surface area (Å²) in [6.45, 7) is 12.0. The number of nitrogens with zero attached hydrogens (tertiary/aromatic N) is 6. The van der Waals surface area contributed by atoms with Gasteiger partial charge in [-0.2, -0.15) is 4.98 Å². The molecule has 48 heavy (non-hydrogen) atoms. The van der Waals surface area contributed by atoms with E-state index >= 15 is 0 Å². The van der Waals surface area contributed by atoms with Crippen molar-refractivity contribution < 1.29 is 19.4 Å². The molecule has 2 amide bonds. The number of aromatic nitrogens is 2. The molecule has 0 spiro atoms. The number of hydrogen-bond donors (Lipinski definition) is 3. The van der Waals surface area contributed by atoms with Gasteiger partial charge in [-0.3, -0.25) is 14.5 Å². The summed E-state index contributed by atoms with van der Waals surface area (Å²) in [5.41, 5.74) is 2.28. The summed E-state index contributed by atoms with van der Waals surface area (Å²) in [6, 6.07) is 3.69. The zero-order valence-electron chi connectivity index (χ0n) is 29.0. The molecule has 260 valence electrons. The van der Waals surface area contributed by atoms with Gasteiger partial charge >= 0.3 is 0 Å². The molecule has 3 aliphatic heterocycles. The molecule has 5 aliphatic rings. The summed E-state index contributed by atoms with van der Waals surface area (Å²) in [7, 11) is 1.80. The Morgan fingerprint density at radius 3 is 2.54 bits per heavy atom. The third-order valence-corrected chi connectivity index (χ3v) is 10.8. The molecule has 1 aromatic carbocycles. The minimum Gasteiger partial charge on any atom is -0.485 e. The maximum absolute atomic E-state index is 13.5. The predicted octanol–water partition coefficient (Wildman–Crippen LogP) is 3.56. The molecule has 2 aliphatic carbocycles. The number of carbonyl (C=O) groups excluding carboxylic acids is 2. The molecular weight excluding hydrogens is 608 g/mol. The molecule has 1 aromatic heterocycles. The SMILES string of the molecule is CC[C@@H]1C(=O)N(C)c2cnc(Nc3ccc(C(=O)NC[C@H](O)CN4CCN(CC5CC5)CC4)c4c3OC(C)(C)C4)nc2N1C1CCCC1. The van der Waals surface area contributed by atoms with Crippen LogP contribution in [0.25, 0.3) is 0 Å². The van der Waals surface area contributed by atoms with Gasteiger partial charge in [0, 0.05) is 76.5 Å². The number of likely N-dealkylation sites (N-methyl/N-ethyl adjacent to an activating group) is 1. The van der Waals surface area contributed by atoms with Crippen molar-refractivity contribution in [3.8, 4) is 5.75 Å². The number of nitrogens with one attached hydrogen (secondary N) is 2. The predicted molar refractivity (Wildman–Crippen MR) is 186 cm³/mol. The minimum absolute atomic E-state index is 0.0815. The fraction of sp³-hybridized carbons (Fsp3) is 0.667. The first-order chi connectivity index (χ1) is 23.1. The molecule has 2 saturated carbocycles. The van der Waals surface area contributed by atoms with Gasteiger partial charge in [0.15, 0.2) is 5.82 Å². The summed E-state index contributed by atoms with van der Waals surface area (Å²) >= 11 is 0. The lowest BCUT2D eigenvalue weighted by molar-refractivity contribution is -0.120. The number of benzene rings is 1. The summed E-state index contributed by atoms with van der Waals surface area (Å²) in [6.07, 6.45) is 9.51. The Bertz CT molecular complexity index is 1520. The highest BCUT2D eigenvalue weighted by Crippen LogP contribution is 2.44. The van der Waals surface area contributed by atoms with Crippen molar-refractivity contribution >= 4 is 35.0 Å². The standard InChI is InChI=1S/C36H52N8O4/c1-5-29-34(47)41(4)30-20-38-35(40-32(30)44(29)24-8-6-7-9-24)39-28-13-12-26(27-18-36(2,3)48-31(27)28)33(46)37-19-25(45)22-43-16-14-42(15-17-43)21-23-10-11-23/h12-13,20,23-25,29,45H,5-11,14-19,21-22H2,1-4H3,(H,37,46)(H,38,39,40)/t25-,29+/m0/s1. The molecule has 3 N–H and O–H groups in total. The van der Waals surface area contributed by atoms with Crippen LogP contribution in [0.3, 0.4) is 0 Å². The van der Waals surface area contributed by atoms with Gasteiger partial charge in [-0.25, -0.2) is 4.98 Å². The van der Waals surface area contributed by atoms with Crippen LogP contribution in [-0.2, 0) is 11.2 Å². The Morgan fingerprint density at radius 2 is 1.83 bits per heavy atom. The second kappa shape index (κ2) is 13.4. The Hall–Kier alpha value is -3.48. The molecule has 0 bridgehead atoms. The van der Waals surface area contributed by atoms with Crippen LogP contribution in [0.15, 0.2) is 18.3 Å². The molecule has 12 nitrogen and oxygen atoms in total. The highest BCUT2D eigenvalue weighted by atomic mass is 16.5. The Balaban J connectivity index is 1.04. The van der Waals surface area contributed by atoms with Gasteiger partial charge in [-0.1, -0.05) is 19.8 Å². The molecule has 1 saturated heterocycles. The van der Waals surface area contributed by atoms with E-state index in [2.05, 4.69) is 37.2 Å². The van der Waals surface area contributed by atoms with E-state index in [9.17, 15) is 14.7 Å². The van der Waals surface area contributed by atoms with Crippen LogP contribution in [0, 0.1) is 5.92 Å². The Morgan fingerprint density at radius 1 is 1.10 bits per heavy atom. The normalized spacial score (nSPS) is 23.5. The monoisotopic (exact) mass is 660 g/mol. The van der Waals surface area contributed by atoms with Crippen molar-refractivity contribution in [3.63, 3.8) is 0 Å². The van der Waals surface area contributed by atoms with Crippen molar-refractivity contribution in [1.82, 2.24) is 25.1 Å². The van der Waals surface area contributed by atoms with Crippen molar-refractivity contribution in [2.75, 3.05) is 68.0 Å². The zero-order valence-corrected chi connectivity index (χ0v) is 29.0. The van der Waals surface area contributed by atoms with Crippen LogP contribution in [0.2, 0.25) is 0 Å². The maximum Gasteiger partial charge on any atom is 0.251 e. The number of hydrogen-bond acceptors (Lipinski definition) is 10. The summed E-state index contributed by atoms with van der Waals surface area (Å²) in [5.74, 6) is 2.57. The van der Waals surface area contributed by atoms with E-state index in [1.165, 1.54) is 19.4 Å². The fourth-order valence-corrected chi connectivity index (χ4v) is 8.02. The molecule has 3 fully saturated rings. The Labute approximate surface area is 284 Å². The van der Waals surface area contributed by atoms with Crippen LogP contribution in [-0.4, -0.2) is 113 Å². The number of rotatable bonds is 11. The van der Waals surface area contributed by atoms with Gasteiger partial charge in [0.2, 0.25) is 11.9 Å². The van der Waals surface area contributed by atoms with Gasteiger partial charge in [0.05, 0.1) is 18.0 Å². The summed E-state index contributed by atoms with van der Waals surface area (Å²) < 4.78 is 6.41. The number of ether oxygens (including phenoxy) is 1. The van der Waals surface area contributed by atoms with E-state index in [4.69, 9.17) is 9.72 Å². The van der Waals surface area contributed by atoms with E-state index in [-0.39, 0.29) is 30.4 Å². The lowest BCUT2D eigenvalue weighted by Gasteiger charge is -2.43. The molecule has 2 aromatic rings. The lowest BCUT2D eigenvalue weighted by atomic mass is 9.96. The van der Waals surface area contributed by atoms with E-state index in [1.54, 1.807) is 18.1 Å². The fourth-order valence-electron chi connectivity index (χ4n) is 8.02. The molecular formula is C36H52N8O4. The second-order valence-corrected chi connectivity index (χ2v) is 15.1. The van der Waals surface area contributed by atoms with Crippen LogP contribution < -0.4 is 25.2 Å². The summed E-state index contributed by atoms with van der Waals surface area (Å²) in [5, 5.41) is 17.2. The van der Waals surface area contributed by atoms with Gasteiger partial charge in [0.25, 0.3) is 5.91 Å². The second-order valence-electron chi connectivity index (χ2n) is 15.1. The first kappa shape index (κ1) is 33.0. The van der Waals surface area contributed by atoms with E-state index in [0.717, 1.165) is 74.8 Å². The maximum atomic E-state index is 13.5. The van der Waals surface area contributed by atoms with Crippen LogP contribution >= 0.6 is 0 Å². The number of aliphatic hydroxyl groups is 1. The zero-order chi connectivity index (χ0) is 33.6. The Kier molecular flexibility index (Phi) is 9.25. The molecule has 12 heteroatoms. The van der Waals surface area contributed by atoms with Gasteiger partial charge in [0.1, 0.15) is 23.1 Å². The smallest absolute Gasteiger partial charge is 0.251 e. The molecule has 0 unspecified atom stereocenters. The number of anilines is 4. The number of β-amino-alcohol motifs (C(OH)–C–C–N with tert-alkyl or cyclic N) is 1. The first-order valence-corrected chi connectivity index (χ1v) is 18.1. The van der Waals surface area contributed by atoms with Crippen molar-refractivity contribution in [2.45, 2.75) is 95.9 Å². The average Bonchev–Trinajstić information content (AvgIpc) is 3.58. The first-order valence-electron chi connectivity index (χ1n) is 18.1. The van der Waals surface area contributed by atoms with E-state index in [0.29, 0.717) is 42.3 Å². The minimum atomic E-state index is -0.641. The number of carbonyl (C=O) groups is 2. The van der Waals surface area contributed by atoms with Gasteiger partial charge < -0.3 is 35.2 Å². The average molecular weight is 661 g/mol. The number of piperazine rings is 1. The molecule has 0 radical (unpaired) electrons. The highest BCUT2D eigenvalue weighted by molar-refractivity contribution is 6.04. The van der Waals surface area contributed by atoms with E-state index in [1.807, 2.05) is 26.0 Å². The molecule has 2 atom stereocenters. The quantitative estimate of drug-likeness (QED) is 0.330. The summed E-state index contributed by atoms with van der Waals surface area (Å²) in [4.78, 5) is 45.1. The third kappa shape index (κ3) is 6.84. The topological polar surface area (TPSA) is 126 Å². The van der Waals surface area contributed by atoms with Gasteiger partial charge in [-0.05, 0) is 64.0 Å². The van der Waals surface area contributed by atoms with Gasteiger partial charge in [-0.15, -0.1) is 0 Å². The van der Waals surface area contributed by atoms with Crippen molar-refractivity contribution in [2.24, 2.45) is 5.92 Å². The van der Waals surface area contributed by atoms with Crippen LogP contribution in [0.5, 0.6) is 5.75 Å². The third-order valence-electron chi connectivity index (χ3n) is 10.8. The lowest BCUT2D eigenvalue weighted by Crippen LogP contribution is -2.55. The number of fused-ring (bicyclic) bond motifs is 2. The van der Waals surface area contributed by atoms with Crippen molar-refractivity contribution in [1.29, 1.82) is 0 Å². The van der Waals surface area contributed by atoms with Crippen LogP contribution in [0.4, 0.5) is 23.1 Å². The highest BCUT2D eigenvalue weighted by Gasteiger charge is 2.42. The number of aliphatic hydroxyl groups excluding tert-OH is 1. The van der Waals surface area contributed by atoms with Crippen molar-refractivity contribution in [3.05, 3.63) is 29.5 Å². The molecule has 4 heterocycles. The largest absolute Gasteiger partial charge is 0.485 e. The number of amides is 2. The van der Waals surface area contributed by atoms with E-state index < -0.39 is 11.7 Å². The van der Waals surface area contributed by atoms with Crippen LogP contribution in [0.1, 0.15) is 81.6 Å². The molecule has 7 rings (SSSR count).